The first-order valence-electron chi connectivity index (χ1n) is 6.04. The maximum absolute atomic E-state index is 12.3. The number of rotatable bonds is 5. The molecule has 1 unspecified atom stereocenters. The summed E-state index contributed by atoms with van der Waals surface area (Å²) in [7, 11) is -3.58. The third-order valence-corrected chi connectivity index (χ3v) is 5.27. The Morgan fingerprint density at radius 3 is 2.95 bits per heavy atom. The largest absolute Gasteiger partial charge is 0.326 e. The van der Waals surface area contributed by atoms with Crippen molar-refractivity contribution in [1.29, 1.82) is 0 Å². The Hall–Kier alpha value is -1.09. The molecule has 1 atom stereocenters. The van der Waals surface area contributed by atoms with Crippen molar-refractivity contribution in [2.75, 3.05) is 6.54 Å². The summed E-state index contributed by atoms with van der Waals surface area (Å²) in [5, 5.41) is 0. The van der Waals surface area contributed by atoms with E-state index in [4.69, 9.17) is 5.73 Å². The first kappa shape index (κ1) is 12.9. The van der Waals surface area contributed by atoms with Gasteiger partial charge in [0.25, 0.3) is 0 Å². The molecule has 0 aliphatic heterocycles. The molecule has 1 aliphatic carbocycles. The van der Waals surface area contributed by atoms with E-state index < -0.39 is 10.0 Å². The van der Waals surface area contributed by atoms with E-state index in [9.17, 15) is 8.42 Å². The zero-order chi connectivity index (χ0) is 13.5. The van der Waals surface area contributed by atoms with Crippen molar-refractivity contribution in [3.63, 3.8) is 0 Å². The van der Waals surface area contributed by atoms with Crippen molar-refractivity contribution in [2.45, 2.75) is 23.8 Å². The summed E-state index contributed by atoms with van der Waals surface area (Å²) in [6.45, 7) is 0.265. The van der Waals surface area contributed by atoms with Crippen molar-refractivity contribution in [1.82, 2.24) is 13.5 Å². The molecule has 102 valence electrons. The van der Waals surface area contributed by atoms with Gasteiger partial charge >= 0.3 is 0 Å². The van der Waals surface area contributed by atoms with Crippen LogP contribution in [0, 0.1) is 5.92 Å². The molecule has 0 radical (unpaired) electrons. The average Bonchev–Trinajstić information content (AvgIpc) is 3.13. The Labute approximate surface area is 115 Å². The van der Waals surface area contributed by atoms with Gasteiger partial charge in [-0.05, 0) is 30.9 Å². The summed E-state index contributed by atoms with van der Waals surface area (Å²) < 4.78 is 35.2. The van der Waals surface area contributed by atoms with Crippen molar-refractivity contribution in [3.05, 3.63) is 18.2 Å². The van der Waals surface area contributed by atoms with E-state index in [0.717, 1.165) is 24.6 Å². The molecule has 1 saturated carbocycles. The van der Waals surface area contributed by atoms with E-state index >= 15 is 0 Å². The van der Waals surface area contributed by atoms with Crippen LogP contribution in [0.25, 0.3) is 11.0 Å². The minimum absolute atomic E-state index is 0.109. The quantitative estimate of drug-likeness (QED) is 0.847. The number of nitrogens with one attached hydrogen (secondary N) is 1. The number of fused-ring (bicyclic) bond motifs is 1. The van der Waals surface area contributed by atoms with Gasteiger partial charge in [-0.1, -0.05) is 6.07 Å². The number of nitrogens with zero attached hydrogens (tertiary/aromatic N) is 2. The molecule has 1 aromatic carbocycles. The van der Waals surface area contributed by atoms with Crippen LogP contribution in [0.15, 0.2) is 23.1 Å². The van der Waals surface area contributed by atoms with Gasteiger partial charge in [0.2, 0.25) is 10.0 Å². The van der Waals surface area contributed by atoms with Crippen LogP contribution in [0.3, 0.4) is 0 Å². The Morgan fingerprint density at radius 1 is 1.42 bits per heavy atom. The molecule has 8 heteroatoms. The highest BCUT2D eigenvalue weighted by molar-refractivity contribution is 7.89. The molecule has 1 aromatic heterocycles. The summed E-state index contributed by atoms with van der Waals surface area (Å²) in [6.07, 6.45) is 2.18. The molecule has 3 rings (SSSR count). The Balaban J connectivity index is 1.84. The zero-order valence-electron chi connectivity index (χ0n) is 10.1. The SMILES string of the molecule is NC(CNS(=O)(=O)c1cccc2nsnc12)C1CC1. The molecule has 0 spiro atoms. The highest BCUT2D eigenvalue weighted by Crippen LogP contribution is 2.31. The molecule has 2 aromatic rings. The van der Waals surface area contributed by atoms with Crippen molar-refractivity contribution < 1.29 is 8.42 Å². The lowest BCUT2D eigenvalue weighted by molar-refractivity contribution is 0.548. The van der Waals surface area contributed by atoms with Gasteiger partial charge in [0.1, 0.15) is 15.9 Å². The minimum Gasteiger partial charge on any atom is -0.326 e. The normalized spacial score (nSPS) is 17.7. The third-order valence-electron chi connectivity index (χ3n) is 3.28. The van der Waals surface area contributed by atoms with E-state index in [1.165, 1.54) is 6.07 Å². The maximum Gasteiger partial charge on any atom is 0.242 e. The van der Waals surface area contributed by atoms with Crippen LogP contribution in [0.4, 0.5) is 0 Å². The van der Waals surface area contributed by atoms with E-state index in [-0.39, 0.29) is 17.5 Å². The van der Waals surface area contributed by atoms with E-state index in [1.807, 2.05) is 0 Å². The van der Waals surface area contributed by atoms with Crippen LogP contribution in [0.1, 0.15) is 12.8 Å². The highest BCUT2D eigenvalue weighted by atomic mass is 32.2. The number of nitrogens with two attached hydrogens (primary N) is 1. The lowest BCUT2D eigenvalue weighted by Crippen LogP contribution is -2.38. The van der Waals surface area contributed by atoms with Gasteiger partial charge in [-0.25, -0.2) is 13.1 Å². The highest BCUT2D eigenvalue weighted by Gasteiger charge is 2.29. The molecule has 1 fully saturated rings. The van der Waals surface area contributed by atoms with Crippen LogP contribution in [-0.4, -0.2) is 29.8 Å². The lowest BCUT2D eigenvalue weighted by Gasteiger charge is -2.12. The van der Waals surface area contributed by atoms with Gasteiger partial charge in [0.15, 0.2) is 0 Å². The first-order valence-corrected chi connectivity index (χ1v) is 8.26. The zero-order valence-corrected chi connectivity index (χ0v) is 11.7. The first-order chi connectivity index (χ1) is 9.08. The van der Waals surface area contributed by atoms with Gasteiger partial charge in [-0.15, -0.1) is 0 Å². The monoisotopic (exact) mass is 298 g/mol. The second-order valence-corrected chi connectivity index (χ2v) is 7.01. The second kappa shape index (κ2) is 4.78. The standard InChI is InChI=1S/C11H14N4O2S2/c12-8(7-4-5-7)6-13-19(16,17)10-3-1-2-9-11(10)15-18-14-9/h1-3,7-8,13H,4-6,12H2. The molecule has 0 bridgehead atoms. The van der Waals surface area contributed by atoms with Crippen LogP contribution >= 0.6 is 11.7 Å². The summed E-state index contributed by atoms with van der Waals surface area (Å²) in [5.41, 5.74) is 6.92. The summed E-state index contributed by atoms with van der Waals surface area (Å²) in [5.74, 6) is 0.458. The molecule has 1 heterocycles. The predicted octanol–water partition coefficient (Wildman–Crippen LogP) is 0.707. The Morgan fingerprint density at radius 2 is 2.21 bits per heavy atom. The van der Waals surface area contributed by atoms with Gasteiger partial charge < -0.3 is 5.73 Å². The molecule has 3 N–H and O–H groups in total. The molecule has 6 nitrogen and oxygen atoms in total. The van der Waals surface area contributed by atoms with Crippen molar-refractivity contribution >= 4 is 32.8 Å². The fraction of sp³-hybridized carbons (Fsp3) is 0.455. The topological polar surface area (TPSA) is 98.0 Å². The van der Waals surface area contributed by atoms with Crippen molar-refractivity contribution in [3.8, 4) is 0 Å². The third kappa shape index (κ3) is 2.62. The van der Waals surface area contributed by atoms with E-state index in [1.54, 1.807) is 12.1 Å². The van der Waals surface area contributed by atoms with Gasteiger partial charge in [-0.2, -0.15) is 8.75 Å². The number of aromatic nitrogens is 2. The number of hydrogen-bond acceptors (Lipinski definition) is 6. The second-order valence-electron chi connectivity index (χ2n) is 4.74. The molecule has 1 aliphatic rings. The Bertz CT molecular complexity index is 694. The minimum atomic E-state index is -3.58. The molecular weight excluding hydrogens is 284 g/mol. The Kier molecular flexibility index (Phi) is 3.25. The number of sulfonamides is 1. The number of hydrogen-bond donors (Lipinski definition) is 2. The predicted molar refractivity (Wildman–Crippen MR) is 73.3 cm³/mol. The van der Waals surface area contributed by atoms with Gasteiger partial charge in [0.05, 0.1) is 11.7 Å². The van der Waals surface area contributed by atoms with Gasteiger partial charge in [-0.3, -0.25) is 0 Å². The number of benzene rings is 1. The molecule has 0 saturated heterocycles. The maximum atomic E-state index is 12.3. The smallest absolute Gasteiger partial charge is 0.242 e. The van der Waals surface area contributed by atoms with Gasteiger partial charge in [0, 0.05) is 12.6 Å². The molecule has 19 heavy (non-hydrogen) atoms. The van der Waals surface area contributed by atoms with E-state index in [2.05, 4.69) is 13.5 Å². The van der Waals surface area contributed by atoms with Crippen LogP contribution < -0.4 is 10.5 Å². The fourth-order valence-electron chi connectivity index (χ4n) is 1.97. The van der Waals surface area contributed by atoms with Crippen LogP contribution in [0.5, 0.6) is 0 Å². The summed E-state index contributed by atoms with van der Waals surface area (Å²) >= 11 is 1.01. The summed E-state index contributed by atoms with van der Waals surface area (Å²) in [4.78, 5) is 0.168. The van der Waals surface area contributed by atoms with Crippen LogP contribution in [0.2, 0.25) is 0 Å². The lowest BCUT2D eigenvalue weighted by atomic mass is 10.2. The summed E-state index contributed by atoms with van der Waals surface area (Å²) in [6, 6.07) is 4.84. The van der Waals surface area contributed by atoms with E-state index in [0.29, 0.717) is 17.0 Å². The average molecular weight is 298 g/mol. The molecule has 0 amide bonds. The van der Waals surface area contributed by atoms with Crippen molar-refractivity contribution in [2.24, 2.45) is 11.7 Å². The van der Waals surface area contributed by atoms with Crippen LogP contribution in [-0.2, 0) is 10.0 Å². The molecular formula is C11H14N4O2S2. The fourth-order valence-corrected chi connectivity index (χ4v) is 3.81.